The number of hydrogen-bond acceptors (Lipinski definition) is 4. The van der Waals surface area contributed by atoms with Crippen molar-refractivity contribution in [1.29, 1.82) is 0 Å². The zero-order valence-electron chi connectivity index (χ0n) is 39.4. The fourth-order valence-corrected chi connectivity index (χ4v) is 11.3. The Morgan fingerprint density at radius 1 is 0.672 bits per heavy atom. The number of aryl methyl sites for hydroxylation is 1. The topological polar surface area (TPSA) is 56.7 Å². The Bertz CT molecular complexity index is 3570. The Morgan fingerprint density at radius 2 is 1.34 bits per heavy atom. The molecule has 0 aliphatic rings. The van der Waals surface area contributed by atoms with E-state index in [0.29, 0.717) is 11.6 Å². The second kappa shape index (κ2) is 18.6. The molecule has 0 aliphatic carbocycles. The molecule has 4 heterocycles. The van der Waals surface area contributed by atoms with Crippen LogP contribution in [-0.4, -0.2) is 27.6 Å². The van der Waals surface area contributed by atoms with Crippen LogP contribution in [0.15, 0.2) is 162 Å². The van der Waals surface area contributed by atoms with E-state index in [2.05, 4.69) is 197 Å². The van der Waals surface area contributed by atoms with Gasteiger partial charge in [-0.25, -0.2) is 4.98 Å². The van der Waals surface area contributed by atoms with Gasteiger partial charge in [0.1, 0.15) is 0 Å². The van der Waals surface area contributed by atoms with Gasteiger partial charge in [0.2, 0.25) is 5.71 Å². The van der Waals surface area contributed by atoms with Gasteiger partial charge in [-0.2, -0.15) is 0 Å². The number of nitrogens with zero attached hydrogens (tertiary/aromatic N) is 4. The number of hydrogen-bond donors (Lipinski definition) is 0. The summed E-state index contributed by atoms with van der Waals surface area (Å²) in [5, 5.41) is 8.46. The summed E-state index contributed by atoms with van der Waals surface area (Å²) in [6, 6.07) is 59.6. The van der Waals surface area contributed by atoms with E-state index < -0.39 is 8.07 Å². The van der Waals surface area contributed by atoms with E-state index >= 15 is 0 Å². The van der Waals surface area contributed by atoms with Crippen molar-refractivity contribution >= 4 is 67.9 Å². The SMILES string of the molecule is CC(C)Cc1cc(-c2[c-]cccc2)ncc1[Si](C)(C)C.Cc1c[c-]c(-c2nc3ccccc3n2-c2c(C(C)C)c3ccccc3c3ccccc23)c2oc3nc(-c4ccccc4)ccc3c12.[Ir]. The van der Waals surface area contributed by atoms with Crippen molar-refractivity contribution in [2.75, 3.05) is 0 Å². The van der Waals surface area contributed by atoms with Gasteiger partial charge in [0.25, 0.3) is 0 Å². The summed E-state index contributed by atoms with van der Waals surface area (Å²) in [4.78, 5) is 15.0. The first-order valence-electron chi connectivity index (χ1n) is 23.1. The van der Waals surface area contributed by atoms with Gasteiger partial charge in [-0.3, -0.25) is 4.98 Å². The van der Waals surface area contributed by atoms with Gasteiger partial charge >= 0.3 is 0 Å². The van der Waals surface area contributed by atoms with Crippen LogP contribution in [0.2, 0.25) is 19.6 Å². The molecule has 4 aromatic heterocycles. The molecular weight excluding hydrogens is 1010 g/mol. The van der Waals surface area contributed by atoms with E-state index in [9.17, 15) is 0 Å². The Hall–Kier alpha value is -6.50. The monoisotopic (exact) mass is 1070 g/mol. The summed E-state index contributed by atoms with van der Waals surface area (Å²) in [5.41, 5.74) is 13.2. The average Bonchev–Trinajstić information content (AvgIpc) is 3.91. The maximum Gasteiger partial charge on any atom is 0.216 e. The van der Waals surface area contributed by atoms with Crippen molar-refractivity contribution in [1.82, 2.24) is 19.5 Å². The van der Waals surface area contributed by atoms with E-state index in [1.165, 1.54) is 37.9 Å². The predicted molar refractivity (Wildman–Crippen MR) is 280 cm³/mol. The first kappa shape index (κ1) is 45.6. The third kappa shape index (κ3) is 8.57. The van der Waals surface area contributed by atoms with Crippen LogP contribution in [0.5, 0.6) is 0 Å². The summed E-state index contributed by atoms with van der Waals surface area (Å²) in [5.74, 6) is 1.73. The smallest absolute Gasteiger partial charge is 0.216 e. The Morgan fingerprint density at radius 3 is 2.04 bits per heavy atom. The molecule has 67 heavy (non-hydrogen) atoms. The number of rotatable bonds is 8. The van der Waals surface area contributed by atoms with E-state index in [1.807, 2.05) is 36.4 Å². The largest absolute Gasteiger partial charge is 0.486 e. The fraction of sp³-hybridized carbons (Fsp3) is 0.183. The van der Waals surface area contributed by atoms with E-state index in [-0.39, 0.29) is 26.0 Å². The number of furan rings is 1. The molecule has 0 atom stereocenters. The summed E-state index contributed by atoms with van der Waals surface area (Å²) in [6.45, 7) is 18.4. The molecule has 0 fully saturated rings. The molecule has 0 unspecified atom stereocenters. The number of imidazole rings is 1. The van der Waals surface area contributed by atoms with Crippen LogP contribution in [0.3, 0.4) is 0 Å². The molecular formula is C60H54IrN4OSi-2. The molecule has 0 N–H and O–H groups in total. The molecule has 0 spiro atoms. The quantitative estimate of drug-likeness (QED) is 0.0864. The van der Waals surface area contributed by atoms with Crippen molar-refractivity contribution < 1.29 is 24.5 Å². The minimum absolute atomic E-state index is 0. The third-order valence-electron chi connectivity index (χ3n) is 12.6. The molecule has 0 bridgehead atoms. The zero-order valence-corrected chi connectivity index (χ0v) is 42.8. The number of fused-ring (bicyclic) bond motifs is 7. The van der Waals surface area contributed by atoms with Crippen LogP contribution < -0.4 is 5.19 Å². The summed E-state index contributed by atoms with van der Waals surface area (Å²) in [6.07, 6.45) is 3.24. The van der Waals surface area contributed by atoms with Crippen molar-refractivity contribution in [2.45, 2.75) is 66.6 Å². The normalized spacial score (nSPS) is 11.8. The van der Waals surface area contributed by atoms with Crippen LogP contribution in [0.4, 0.5) is 0 Å². The van der Waals surface area contributed by atoms with Gasteiger partial charge in [0.15, 0.2) is 0 Å². The standard InChI is InChI=1S/C42H30N3O.C18H24NSi.Ir/c1-25(2)37-30-17-9-7-15-28(30)29-16-8-10-18-31(29)39(37)45-36-20-12-11-19-35(36)43-41(45)33-22-21-26(3)38-32-23-24-34(27-13-5-4-6-14-27)44-42(32)46-40(33)38;1-14(2)11-16-12-17(15-9-7-6-8-10-15)19-13-18(16)20(3,4)5;/h4-21,23-25H,1-3H3;6-9,12-14H,11H2,1-5H3;/q2*-1;. The molecule has 1 radical (unpaired) electrons. The maximum atomic E-state index is 6.71. The van der Waals surface area contributed by atoms with Gasteiger partial charge in [-0.1, -0.05) is 168 Å². The third-order valence-corrected chi connectivity index (χ3v) is 14.7. The van der Waals surface area contributed by atoms with Gasteiger partial charge in [-0.15, -0.1) is 53.6 Å². The molecule has 11 rings (SSSR count). The molecule has 7 aromatic carbocycles. The minimum atomic E-state index is -1.34. The number of para-hydroxylation sites is 2. The second-order valence-electron chi connectivity index (χ2n) is 19.2. The number of pyridine rings is 2. The molecule has 11 aromatic rings. The molecule has 5 nitrogen and oxygen atoms in total. The Labute approximate surface area is 408 Å². The molecule has 0 amide bonds. The van der Waals surface area contributed by atoms with Crippen LogP contribution in [-0.2, 0) is 26.5 Å². The van der Waals surface area contributed by atoms with Gasteiger partial charge < -0.3 is 14.0 Å². The first-order chi connectivity index (χ1) is 32.0. The van der Waals surface area contributed by atoms with Gasteiger partial charge in [0.05, 0.1) is 41.9 Å². The average molecular weight is 1070 g/mol. The maximum absolute atomic E-state index is 6.71. The molecule has 7 heteroatoms. The Balaban J connectivity index is 0.000000226. The van der Waals surface area contributed by atoms with Crippen molar-refractivity contribution in [2.24, 2.45) is 5.92 Å². The van der Waals surface area contributed by atoms with E-state index in [1.54, 1.807) is 0 Å². The second-order valence-corrected chi connectivity index (χ2v) is 24.2. The fourth-order valence-electron chi connectivity index (χ4n) is 9.68. The molecule has 0 saturated heterocycles. The van der Waals surface area contributed by atoms with Crippen LogP contribution in [0.25, 0.3) is 94.2 Å². The number of aromatic nitrogens is 4. The number of benzene rings is 7. The Kier molecular flexibility index (Phi) is 12.7. The van der Waals surface area contributed by atoms with Crippen LogP contribution >= 0.6 is 0 Å². The first-order valence-corrected chi connectivity index (χ1v) is 26.6. The summed E-state index contributed by atoms with van der Waals surface area (Å²) in [7, 11) is -1.34. The molecule has 335 valence electrons. The predicted octanol–water partition coefficient (Wildman–Crippen LogP) is 15.5. The van der Waals surface area contributed by atoms with Crippen molar-refractivity contribution in [3.8, 4) is 39.6 Å². The zero-order chi connectivity index (χ0) is 45.7. The van der Waals surface area contributed by atoms with E-state index in [4.69, 9.17) is 14.4 Å². The van der Waals surface area contributed by atoms with E-state index in [0.717, 1.165) is 79.0 Å². The summed E-state index contributed by atoms with van der Waals surface area (Å²) < 4.78 is 9.05. The molecule has 0 aliphatic heterocycles. The minimum Gasteiger partial charge on any atom is -0.486 e. The van der Waals surface area contributed by atoms with Crippen LogP contribution in [0, 0.1) is 25.0 Å². The van der Waals surface area contributed by atoms with Crippen molar-refractivity contribution in [3.63, 3.8) is 0 Å². The van der Waals surface area contributed by atoms with Crippen molar-refractivity contribution in [3.05, 3.63) is 187 Å². The van der Waals surface area contributed by atoms with Gasteiger partial charge in [-0.05, 0) is 75.1 Å². The van der Waals surface area contributed by atoms with Gasteiger partial charge in [0, 0.05) is 42.6 Å². The summed E-state index contributed by atoms with van der Waals surface area (Å²) >= 11 is 0. The molecule has 0 saturated carbocycles. The van der Waals surface area contributed by atoms with Crippen LogP contribution in [0.1, 0.15) is 50.3 Å².